The van der Waals surface area contributed by atoms with Crippen molar-refractivity contribution in [1.29, 1.82) is 0 Å². The molecule has 0 amide bonds. The van der Waals surface area contributed by atoms with E-state index in [-0.39, 0.29) is 5.69 Å². The number of hydrogen-bond acceptors (Lipinski definition) is 5. The predicted molar refractivity (Wildman–Crippen MR) is 109 cm³/mol. The van der Waals surface area contributed by atoms with Crippen molar-refractivity contribution >= 4 is 35.1 Å². The lowest BCUT2D eigenvalue weighted by atomic mass is 10.1. The van der Waals surface area contributed by atoms with Crippen LogP contribution in [-0.2, 0) is 9.53 Å². The van der Waals surface area contributed by atoms with Crippen LogP contribution in [0, 0.1) is 17.0 Å². The molecule has 7 heteroatoms. The minimum absolute atomic E-state index is 0.0168. The SMILES string of the molecule is Cc1ccc([N+](=O)[O-])cc1-c1ccc(/C=C2\C=C(c3ccc(Cl)cc3)OC2=O)o1. The lowest BCUT2D eigenvalue weighted by molar-refractivity contribution is -0.384. The van der Waals surface area contributed by atoms with Crippen LogP contribution in [0.3, 0.4) is 0 Å². The number of rotatable bonds is 4. The minimum Gasteiger partial charge on any atom is -0.457 e. The van der Waals surface area contributed by atoms with Crippen LogP contribution in [0.1, 0.15) is 16.9 Å². The first-order valence-electron chi connectivity index (χ1n) is 8.67. The van der Waals surface area contributed by atoms with Gasteiger partial charge in [-0.3, -0.25) is 10.1 Å². The first-order valence-corrected chi connectivity index (χ1v) is 9.05. The molecule has 0 saturated heterocycles. The summed E-state index contributed by atoms with van der Waals surface area (Å²) in [4.78, 5) is 22.8. The van der Waals surface area contributed by atoms with E-state index in [4.69, 9.17) is 20.8 Å². The fourth-order valence-corrected chi connectivity index (χ4v) is 3.09. The maximum atomic E-state index is 12.2. The van der Waals surface area contributed by atoms with Gasteiger partial charge in [0.15, 0.2) is 0 Å². The quantitative estimate of drug-likeness (QED) is 0.236. The molecule has 0 saturated carbocycles. The van der Waals surface area contributed by atoms with Crippen LogP contribution >= 0.6 is 11.6 Å². The zero-order chi connectivity index (χ0) is 20.5. The minimum atomic E-state index is -0.487. The van der Waals surface area contributed by atoms with E-state index in [9.17, 15) is 14.9 Å². The smallest absolute Gasteiger partial charge is 0.343 e. The highest BCUT2D eigenvalue weighted by molar-refractivity contribution is 6.30. The molecule has 4 rings (SSSR count). The predicted octanol–water partition coefficient (Wildman–Crippen LogP) is 5.80. The largest absolute Gasteiger partial charge is 0.457 e. The summed E-state index contributed by atoms with van der Waals surface area (Å²) in [6.07, 6.45) is 3.20. The molecule has 6 nitrogen and oxygen atoms in total. The van der Waals surface area contributed by atoms with Gasteiger partial charge in [-0.15, -0.1) is 0 Å². The number of aryl methyl sites for hydroxylation is 1. The number of benzene rings is 2. The molecule has 0 unspecified atom stereocenters. The second kappa shape index (κ2) is 7.41. The number of esters is 1. The number of ether oxygens (including phenoxy) is 1. The highest BCUT2D eigenvalue weighted by atomic mass is 35.5. The maximum absolute atomic E-state index is 12.2. The van der Waals surface area contributed by atoms with E-state index < -0.39 is 10.9 Å². The van der Waals surface area contributed by atoms with Crippen molar-refractivity contribution in [3.8, 4) is 11.3 Å². The summed E-state index contributed by atoms with van der Waals surface area (Å²) in [5.74, 6) is 0.858. The standard InChI is InChI=1S/C22H14ClNO5/c1-13-2-7-17(24(26)27)12-19(13)20-9-8-18(28-20)10-15-11-21(29-22(15)25)14-3-5-16(23)6-4-14/h2-12H,1H3/b15-10+. The Morgan fingerprint density at radius 3 is 2.55 bits per heavy atom. The lowest BCUT2D eigenvalue weighted by Gasteiger charge is -2.02. The fourth-order valence-electron chi connectivity index (χ4n) is 2.96. The number of non-ortho nitro benzene ring substituents is 1. The second-order valence-electron chi connectivity index (χ2n) is 6.46. The van der Waals surface area contributed by atoms with Crippen LogP contribution in [0.5, 0.6) is 0 Å². The zero-order valence-corrected chi connectivity index (χ0v) is 16.0. The second-order valence-corrected chi connectivity index (χ2v) is 6.90. The Kier molecular flexibility index (Phi) is 4.78. The van der Waals surface area contributed by atoms with E-state index in [2.05, 4.69) is 0 Å². The van der Waals surface area contributed by atoms with Crippen LogP contribution < -0.4 is 0 Å². The molecule has 0 bridgehead atoms. The monoisotopic (exact) mass is 407 g/mol. The van der Waals surface area contributed by atoms with E-state index in [0.29, 0.717) is 33.4 Å². The average molecular weight is 408 g/mol. The first kappa shape index (κ1) is 18.7. The molecule has 3 aromatic rings. The molecule has 1 aromatic heterocycles. The van der Waals surface area contributed by atoms with Crippen LogP contribution in [-0.4, -0.2) is 10.9 Å². The molecule has 0 aliphatic carbocycles. The zero-order valence-electron chi connectivity index (χ0n) is 15.2. The number of nitrogens with zero attached hydrogens (tertiary/aromatic N) is 1. The van der Waals surface area contributed by atoms with Gasteiger partial charge in [0.1, 0.15) is 17.3 Å². The molecule has 144 valence electrons. The molecule has 1 aliphatic rings. The van der Waals surface area contributed by atoms with Crippen molar-refractivity contribution in [2.75, 3.05) is 0 Å². The van der Waals surface area contributed by atoms with Gasteiger partial charge in [-0.05, 0) is 61.0 Å². The molecule has 0 fully saturated rings. The summed E-state index contributed by atoms with van der Waals surface area (Å²) in [6, 6.07) is 15.0. The third-order valence-corrected chi connectivity index (χ3v) is 4.73. The molecular formula is C22H14ClNO5. The van der Waals surface area contributed by atoms with Crippen LogP contribution in [0.25, 0.3) is 23.2 Å². The van der Waals surface area contributed by atoms with Crippen molar-refractivity contribution in [2.45, 2.75) is 6.92 Å². The fraction of sp³-hybridized carbons (Fsp3) is 0.0455. The summed E-state index contributed by atoms with van der Waals surface area (Å²) in [5, 5.41) is 11.6. The molecule has 0 radical (unpaired) electrons. The van der Waals surface area contributed by atoms with Crippen LogP contribution in [0.15, 0.2) is 70.7 Å². The summed E-state index contributed by atoms with van der Waals surface area (Å²) in [6.45, 7) is 1.84. The molecule has 0 N–H and O–H groups in total. The number of halogens is 1. The maximum Gasteiger partial charge on any atom is 0.343 e. The van der Waals surface area contributed by atoms with E-state index in [1.807, 2.05) is 6.92 Å². The van der Waals surface area contributed by atoms with E-state index >= 15 is 0 Å². The van der Waals surface area contributed by atoms with Crippen LogP contribution in [0.4, 0.5) is 5.69 Å². The topological polar surface area (TPSA) is 82.6 Å². The van der Waals surface area contributed by atoms with Crippen molar-refractivity contribution in [1.82, 2.24) is 0 Å². The Balaban J connectivity index is 1.64. The third kappa shape index (κ3) is 3.83. The summed E-state index contributed by atoms with van der Waals surface area (Å²) >= 11 is 5.89. The average Bonchev–Trinajstić information content (AvgIpc) is 3.30. The third-order valence-electron chi connectivity index (χ3n) is 4.48. The van der Waals surface area contributed by atoms with Crippen LogP contribution in [0.2, 0.25) is 5.02 Å². The number of hydrogen-bond donors (Lipinski definition) is 0. The van der Waals surface area contributed by atoms with Gasteiger partial charge in [0, 0.05) is 28.3 Å². The number of nitro groups is 1. The van der Waals surface area contributed by atoms with Gasteiger partial charge in [0.2, 0.25) is 0 Å². The van der Waals surface area contributed by atoms with Gasteiger partial charge in [-0.2, -0.15) is 0 Å². The molecule has 29 heavy (non-hydrogen) atoms. The van der Waals surface area contributed by atoms with E-state index in [1.54, 1.807) is 54.6 Å². The Hall–Kier alpha value is -3.64. The Morgan fingerprint density at radius 1 is 1.07 bits per heavy atom. The van der Waals surface area contributed by atoms with Crippen molar-refractivity contribution in [2.24, 2.45) is 0 Å². The molecule has 2 aromatic carbocycles. The van der Waals surface area contributed by atoms with Gasteiger partial charge in [0.05, 0.1) is 10.5 Å². The first-order chi connectivity index (χ1) is 13.9. The Morgan fingerprint density at radius 2 is 1.83 bits per heavy atom. The Labute approximate surface area is 170 Å². The molecule has 1 aliphatic heterocycles. The molecule has 0 atom stereocenters. The number of cyclic esters (lactones) is 1. The highest BCUT2D eigenvalue weighted by Gasteiger charge is 2.22. The van der Waals surface area contributed by atoms with Gasteiger partial charge in [-0.25, -0.2) is 4.79 Å². The number of carbonyl (C=O) groups is 1. The number of carbonyl (C=O) groups excluding carboxylic acids is 1. The van der Waals surface area contributed by atoms with Gasteiger partial charge < -0.3 is 9.15 Å². The Bertz CT molecular complexity index is 1190. The number of furan rings is 1. The van der Waals surface area contributed by atoms with Gasteiger partial charge in [-0.1, -0.05) is 17.7 Å². The van der Waals surface area contributed by atoms with Crippen molar-refractivity contribution in [3.63, 3.8) is 0 Å². The number of nitro benzene ring substituents is 1. The summed E-state index contributed by atoms with van der Waals surface area (Å²) in [7, 11) is 0. The summed E-state index contributed by atoms with van der Waals surface area (Å²) in [5.41, 5.74) is 2.52. The van der Waals surface area contributed by atoms with Crippen molar-refractivity contribution in [3.05, 3.63) is 98.3 Å². The summed E-state index contributed by atoms with van der Waals surface area (Å²) < 4.78 is 11.1. The van der Waals surface area contributed by atoms with E-state index in [1.165, 1.54) is 12.1 Å². The van der Waals surface area contributed by atoms with Gasteiger partial charge >= 0.3 is 5.97 Å². The molecule has 0 spiro atoms. The lowest BCUT2D eigenvalue weighted by Crippen LogP contribution is -1.96. The van der Waals surface area contributed by atoms with Gasteiger partial charge in [0.25, 0.3) is 5.69 Å². The van der Waals surface area contributed by atoms with E-state index in [0.717, 1.165) is 11.1 Å². The normalized spacial score (nSPS) is 14.8. The van der Waals surface area contributed by atoms with Crippen molar-refractivity contribution < 1.29 is 18.9 Å². The highest BCUT2D eigenvalue weighted by Crippen LogP contribution is 2.32. The molecule has 2 heterocycles. The molecular weight excluding hydrogens is 394 g/mol.